The van der Waals surface area contributed by atoms with Gasteiger partial charge in [0.2, 0.25) is 5.91 Å². The normalized spacial score (nSPS) is 13.8. The Morgan fingerprint density at radius 1 is 1.25 bits per heavy atom. The van der Waals surface area contributed by atoms with Crippen LogP contribution in [0.1, 0.15) is 19.4 Å². The Labute approximate surface area is 117 Å². The molecule has 1 aromatic rings. The van der Waals surface area contributed by atoms with Crippen LogP contribution in [0.15, 0.2) is 24.3 Å². The molecule has 0 aromatic heterocycles. The first-order valence-corrected chi connectivity index (χ1v) is 6.38. The number of carbonyl (C=O) groups excluding carboxylic acids is 1. The SMILES string of the molecule is CC(C)C(N)C(=O)NC(Cc1ccc(O)cc1)C(=O)O. The van der Waals surface area contributed by atoms with Gasteiger partial charge in [-0.15, -0.1) is 0 Å². The van der Waals surface area contributed by atoms with Crippen LogP contribution in [0.25, 0.3) is 0 Å². The van der Waals surface area contributed by atoms with Crippen LogP contribution < -0.4 is 11.1 Å². The monoisotopic (exact) mass is 280 g/mol. The summed E-state index contributed by atoms with van der Waals surface area (Å²) in [5.74, 6) is -1.57. The number of nitrogens with one attached hydrogen (secondary N) is 1. The Morgan fingerprint density at radius 3 is 2.25 bits per heavy atom. The number of benzene rings is 1. The number of rotatable bonds is 6. The largest absolute Gasteiger partial charge is 0.508 e. The third-order valence-corrected chi connectivity index (χ3v) is 3.01. The van der Waals surface area contributed by atoms with Crippen molar-refractivity contribution >= 4 is 11.9 Å². The van der Waals surface area contributed by atoms with Gasteiger partial charge in [-0.05, 0) is 23.6 Å². The Bertz CT molecular complexity index is 471. The molecule has 0 saturated heterocycles. The number of aliphatic carboxylic acids is 1. The smallest absolute Gasteiger partial charge is 0.326 e. The van der Waals surface area contributed by atoms with Crippen molar-refractivity contribution < 1.29 is 19.8 Å². The maximum atomic E-state index is 11.8. The van der Waals surface area contributed by atoms with Gasteiger partial charge in [-0.25, -0.2) is 4.79 Å². The van der Waals surface area contributed by atoms with Crippen molar-refractivity contribution in [3.8, 4) is 5.75 Å². The molecule has 0 heterocycles. The summed E-state index contributed by atoms with van der Waals surface area (Å²) in [6.45, 7) is 3.58. The Balaban J connectivity index is 2.72. The second-order valence-electron chi connectivity index (χ2n) is 5.04. The average Bonchev–Trinajstić information content (AvgIpc) is 2.39. The number of carboxylic acids is 1. The second-order valence-corrected chi connectivity index (χ2v) is 5.04. The Morgan fingerprint density at radius 2 is 1.80 bits per heavy atom. The molecule has 2 atom stereocenters. The summed E-state index contributed by atoms with van der Waals surface area (Å²) in [4.78, 5) is 23.0. The van der Waals surface area contributed by atoms with Crippen LogP contribution in [0.4, 0.5) is 0 Å². The lowest BCUT2D eigenvalue weighted by molar-refractivity contribution is -0.142. The van der Waals surface area contributed by atoms with Crippen molar-refractivity contribution in [2.24, 2.45) is 11.7 Å². The van der Waals surface area contributed by atoms with Gasteiger partial charge >= 0.3 is 5.97 Å². The maximum absolute atomic E-state index is 11.8. The third kappa shape index (κ3) is 4.55. The van der Waals surface area contributed by atoms with Gasteiger partial charge in [-0.2, -0.15) is 0 Å². The molecule has 0 spiro atoms. The first kappa shape index (κ1) is 16.0. The van der Waals surface area contributed by atoms with E-state index in [0.717, 1.165) is 0 Å². The molecule has 0 fully saturated rings. The first-order chi connectivity index (χ1) is 9.31. The summed E-state index contributed by atoms with van der Waals surface area (Å²) in [7, 11) is 0. The summed E-state index contributed by atoms with van der Waals surface area (Å²) in [5, 5.41) is 20.8. The number of amides is 1. The van der Waals surface area contributed by atoms with Crippen molar-refractivity contribution in [1.82, 2.24) is 5.32 Å². The van der Waals surface area contributed by atoms with Crippen LogP contribution in [-0.4, -0.2) is 34.2 Å². The van der Waals surface area contributed by atoms with Gasteiger partial charge in [0.1, 0.15) is 11.8 Å². The fourth-order valence-electron chi connectivity index (χ4n) is 1.64. The van der Waals surface area contributed by atoms with E-state index in [1.807, 2.05) is 0 Å². The van der Waals surface area contributed by atoms with Crippen LogP contribution in [0.3, 0.4) is 0 Å². The molecule has 0 aliphatic heterocycles. The zero-order valence-electron chi connectivity index (χ0n) is 11.5. The van der Waals surface area contributed by atoms with Crippen LogP contribution in [0.5, 0.6) is 5.75 Å². The summed E-state index contributed by atoms with van der Waals surface area (Å²) in [6.07, 6.45) is 0.131. The Kier molecular flexibility index (Phi) is 5.52. The van der Waals surface area contributed by atoms with E-state index in [1.165, 1.54) is 12.1 Å². The van der Waals surface area contributed by atoms with Crippen molar-refractivity contribution in [1.29, 1.82) is 0 Å². The summed E-state index contributed by atoms with van der Waals surface area (Å²) >= 11 is 0. The molecule has 110 valence electrons. The molecule has 6 heteroatoms. The molecule has 0 saturated carbocycles. The summed E-state index contributed by atoms with van der Waals surface area (Å²) in [5.41, 5.74) is 6.39. The Hall–Kier alpha value is -2.08. The molecule has 1 rings (SSSR count). The molecule has 0 aliphatic rings. The predicted octanol–water partition coefficient (Wildman–Crippen LogP) is 0.487. The van der Waals surface area contributed by atoms with Gasteiger partial charge in [0.25, 0.3) is 0 Å². The highest BCUT2D eigenvalue weighted by Crippen LogP contribution is 2.11. The van der Waals surface area contributed by atoms with Crippen molar-refractivity contribution in [3.05, 3.63) is 29.8 Å². The molecule has 0 aliphatic carbocycles. The quantitative estimate of drug-likeness (QED) is 0.605. The summed E-state index contributed by atoms with van der Waals surface area (Å²) < 4.78 is 0. The lowest BCUT2D eigenvalue weighted by Crippen LogP contribution is -2.51. The highest BCUT2D eigenvalue weighted by Gasteiger charge is 2.24. The molecule has 2 unspecified atom stereocenters. The summed E-state index contributed by atoms with van der Waals surface area (Å²) in [6, 6.07) is 4.37. The molecule has 6 nitrogen and oxygen atoms in total. The maximum Gasteiger partial charge on any atom is 0.326 e. The van der Waals surface area contributed by atoms with E-state index in [4.69, 9.17) is 10.8 Å². The minimum absolute atomic E-state index is 0.0712. The first-order valence-electron chi connectivity index (χ1n) is 6.38. The minimum atomic E-state index is -1.12. The molecule has 0 radical (unpaired) electrons. The lowest BCUT2D eigenvalue weighted by atomic mass is 10.0. The van der Waals surface area contributed by atoms with Crippen molar-refractivity contribution in [3.63, 3.8) is 0 Å². The van der Waals surface area contributed by atoms with Crippen molar-refractivity contribution in [2.75, 3.05) is 0 Å². The number of carbonyl (C=O) groups is 2. The van der Waals surface area contributed by atoms with E-state index in [0.29, 0.717) is 5.56 Å². The highest BCUT2D eigenvalue weighted by atomic mass is 16.4. The van der Waals surface area contributed by atoms with Gasteiger partial charge < -0.3 is 21.3 Å². The van der Waals surface area contributed by atoms with E-state index in [2.05, 4.69) is 5.32 Å². The van der Waals surface area contributed by atoms with E-state index < -0.39 is 24.0 Å². The van der Waals surface area contributed by atoms with Gasteiger partial charge in [0.15, 0.2) is 0 Å². The minimum Gasteiger partial charge on any atom is -0.508 e. The predicted molar refractivity (Wildman–Crippen MR) is 74.2 cm³/mol. The number of phenols is 1. The molecule has 1 amide bonds. The number of carboxylic acid groups (broad SMARTS) is 1. The van der Waals surface area contributed by atoms with Gasteiger partial charge in [0, 0.05) is 6.42 Å². The van der Waals surface area contributed by atoms with E-state index in [9.17, 15) is 14.7 Å². The van der Waals surface area contributed by atoms with E-state index >= 15 is 0 Å². The van der Waals surface area contributed by atoms with E-state index in [1.54, 1.807) is 26.0 Å². The van der Waals surface area contributed by atoms with E-state index in [-0.39, 0.29) is 18.1 Å². The lowest BCUT2D eigenvalue weighted by Gasteiger charge is -2.19. The fourth-order valence-corrected chi connectivity index (χ4v) is 1.64. The molecule has 20 heavy (non-hydrogen) atoms. The van der Waals surface area contributed by atoms with Gasteiger partial charge in [0.05, 0.1) is 6.04 Å². The topological polar surface area (TPSA) is 113 Å². The standard InChI is InChI=1S/C14H20N2O4/c1-8(2)12(15)13(18)16-11(14(19)20)7-9-3-5-10(17)6-4-9/h3-6,8,11-12,17H,7,15H2,1-2H3,(H,16,18)(H,19,20). The molecular weight excluding hydrogens is 260 g/mol. The number of nitrogens with two attached hydrogens (primary N) is 1. The molecule has 1 aromatic carbocycles. The average molecular weight is 280 g/mol. The van der Waals surface area contributed by atoms with Crippen molar-refractivity contribution in [2.45, 2.75) is 32.4 Å². The van der Waals surface area contributed by atoms with Crippen LogP contribution in [0, 0.1) is 5.92 Å². The fraction of sp³-hybridized carbons (Fsp3) is 0.429. The van der Waals surface area contributed by atoms with Crippen LogP contribution in [-0.2, 0) is 16.0 Å². The zero-order valence-corrected chi connectivity index (χ0v) is 11.5. The second kappa shape index (κ2) is 6.91. The van der Waals surface area contributed by atoms with Gasteiger partial charge in [-0.1, -0.05) is 26.0 Å². The highest BCUT2D eigenvalue weighted by molar-refractivity contribution is 5.87. The third-order valence-electron chi connectivity index (χ3n) is 3.01. The van der Waals surface area contributed by atoms with Gasteiger partial charge in [-0.3, -0.25) is 4.79 Å². The van der Waals surface area contributed by atoms with Crippen LogP contribution >= 0.6 is 0 Å². The number of phenolic OH excluding ortho intramolecular Hbond substituents is 1. The molecule has 0 bridgehead atoms. The van der Waals surface area contributed by atoms with Crippen LogP contribution in [0.2, 0.25) is 0 Å². The number of hydrogen-bond donors (Lipinski definition) is 4. The molecular formula is C14H20N2O4. The number of aromatic hydroxyl groups is 1. The number of hydrogen-bond acceptors (Lipinski definition) is 4. The molecule has 5 N–H and O–H groups in total. The zero-order chi connectivity index (χ0) is 15.3.